The topological polar surface area (TPSA) is 32.3 Å². The molecule has 2 nitrogen and oxygen atoms in total. The van der Waals surface area contributed by atoms with Crippen LogP contribution in [0.4, 0.5) is 0 Å². The van der Waals surface area contributed by atoms with Gasteiger partial charge < -0.3 is 10.4 Å². The molecular formula is C15H21BrClNO. The molecule has 1 aromatic carbocycles. The summed E-state index contributed by atoms with van der Waals surface area (Å²) in [7, 11) is 0. The predicted octanol–water partition coefficient (Wildman–Crippen LogP) is 4.13. The molecule has 1 saturated carbocycles. The molecule has 0 unspecified atom stereocenters. The summed E-state index contributed by atoms with van der Waals surface area (Å²) in [4.78, 5) is 0. The van der Waals surface area contributed by atoms with Crippen LogP contribution < -0.4 is 5.32 Å². The number of rotatable bonds is 4. The molecule has 0 spiro atoms. The first-order chi connectivity index (χ1) is 8.98. The van der Waals surface area contributed by atoms with Crippen LogP contribution in [0.3, 0.4) is 0 Å². The van der Waals surface area contributed by atoms with E-state index in [0.29, 0.717) is 6.54 Å². The molecule has 1 aliphatic rings. The second-order valence-electron chi connectivity index (χ2n) is 5.76. The fraction of sp³-hybridized carbons (Fsp3) is 0.600. The molecule has 0 heterocycles. The van der Waals surface area contributed by atoms with Crippen LogP contribution in [0.5, 0.6) is 0 Å². The van der Waals surface area contributed by atoms with Crippen molar-refractivity contribution in [1.82, 2.24) is 5.32 Å². The molecule has 0 atom stereocenters. The van der Waals surface area contributed by atoms with Crippen molar-refractivity contribution in [1.29, 1.82) is 0 Å². The Morgan fingerprint density at radius 3 is 2.74 bits per heavy atom. The molecule has 0 radical (unpaired) electrons. The normalized spacial score (nSPS) is 27.5. The molecule has 0 bridgehead atoms. The van der Waals surface area contributed by atoms with E-state index < -0.39 is 5.60 Å². The molecule has 0 aromatic heterocycles. The SMILES string of the molecule is CC1CCC(O)(CNCc2ccc(Br)c(Cl)c2)CC1. The molecule has 106 valence electrons. The van der Waals surface area contributed by atoms with Gasteiger partial charge in [-0.1, -0.05) is 24.6 Å². The Morgan fingerprint density at radius 2 is 2.11 bits per heavy atom. The maximum Gasteiger partial charge on any atom is 0.0771 e. The minimum atomic E-state index is -0.522. The van der Waals surface area contributed by atoms with Gasteiger partial charge in [0, 0.05) is 17.6 Å². The van der Waals surface area contributed by atoms with E-state index in [9.17, 15) is 5.11 Å². The zero-order valence-electron chi connectivity index (χ0n) is 11.3. The van der Waals surface area contributed by atoms with E-state index in [-0.39, 0.29) is 0 Å². The maximum atomic E-state index is 10.5. The molecule has 4 heteroatoms. The third-order valence-electron chi connectivity index (χ3n) is 3.97. The van der Waals surface area contributed by atoms with E-state index in [4.69, 9.17) is 11.6 Å². The fourth-order valence-electron chi connectivity index (χ4n) is 2.57. The lowest BCUT2D eigenvalue weighted by Gasteiger charge is -2.35. The van der Waals surface area contributed by atoms with E-state index in [0.717, 1.165) is 53.2 Å². The first-order valence-corrected chi connectivity index (χ1v) is 8.03. The standard InChI is InChI=1S/C15H21BrClNO/c1-11-4-6-15(19,7-5-11)10-18-9-12-2-3-13(16)14(17)8-12/h2-3,8,11,18-19H,4-7,9-10H2,1H3. The van der Waals surface area contributed by atoms with Gasteiger partial charge >= 0.3 is 0 Å². The van der Waals surface area contributed by atoms with E-state index in [1.54, 1.807) is 0 Å². The lowest BCUT2D eigenvalue weighted by Crippen LogP contribution is -2.43. The first-order valence-electron chi connectivity index (χ1n) is 6.85. The first kappa shape index (κ1) is 15.3. The number of aliphatic hydroxyl groups is 1. The molecule has 1 fully saturated rings. The molecule has 19 heavy (non-hydrogen) atoms. The van der Waals surface area contributed by atoms with E-state index >= 15 is 0 Å². The van der Waals surface area contributed by atoms with Crippen LogP contribution in [0.2, 0.25) is 5.02 Å². The molecule has 1 aromatic rings. The molecule has 0 aliphatic heterocycles. The van der Waals surface area contributed by atoms with Gasteiger partial charge in [-0.05, 0) is 65.2 Å². The summed E-state index contributed by atoms with van der Waals surface area (Å²) in [6, 6.07) is 5.94. The van der Waals surface area contributed by atoms with Crippen molar-refractivity contribution in [2.24, 2.45) is 5.92 Å². The smallest absolute Gasteiger partial charge is 0.0771 e. The Hall–Kier alpha value is -0.0900. The van der Waals surface area contributed by atoms with E-state index in [1.807, 2.05) is 18.2 Å². The van der Waals surface area contributed by atoms with Gasteiger partial charge in [0.15, 0.2) is 0 Å². The molecular weight excluding hydrogens is 326 g/mol. The van der Waals surface area contributed by atoms with Crippen LogP contribution in [0.25, 0.3) is 0 Å². The van der Waals surface area contributed by atoms with Crippen LogP contribution in [0.15, 0.2) is 22.7 Å². The summed E-state index contributed by atoms with van der Waals surface area (Å²) in [5, 5.41) is 14.5. The van der Waals surface area contributed by atoms with Crippen LogP contribution in [-0.2, 0) is 6.54 Å². The Labute approximate surface area is 128 Å². The Bertz CT molecular complexity index is 430. The van der Waals surface area contributed by atoms with Gasteiger partial charge in [0.2, 0.25) is 0 Å². The van der Waals surface area contributed by atoms with Crippen LogP contribution in [0, 0.1) is 5.92 Å². The summed E-state index contributed by atoms with van der Waals surface area (Å²) in [6.45, 7) is 3.66. The molecule has 2 N–H and O–H groups in total. The number of hydrogen-bond donors (Lipinski definition) is 2. The van der Waals surface area contributed by atoms with Gasteiger partial charge in [-0.3, -0.25) is 0 Å². The summed E-state index contributed by atoms with van der Waals surface area (Å²) < 4.78 is 0.915. The van der Waals surface area contributed by atoms with Gasteiger partial charge in [0.1, 0.15) is 0 Å². The number of benzene rings is 1. The van der Waals surface area contributed by atoms with Gasteiger partial charge in [-0.15, -0.1) is 0 Å². The lowest BCUT2D eigenvalue weighted by molar-refractivity contribution is -0.00630. The quantitative estimate of drug-likeness (QED) is 0.859. The second-order valence-corrected chi connectivity index (χ2v) is 7.02. The molecule has 0 saturated heterocycles. The van der Waals surface area contributed by atoms with Gasteiger partial charge in [0.25, 0.3) is 0 Å². The summed E-state index contributed by atoms with van der Waals surface area (Å²) in [5.74, 6) is 0.755. The largest absolute Gasteiger partial charge is 0.389 e. The van der Waals surface area contributed by atoms with Crippen LogP contribution >= 0.6 is 27.5 Å². The highest BCUT2D eigenvalue weighted by molar-refractivity contribution is 9.10. The van der Waals surface area contributed by atoms with Crippen molar-refractivity contribution in [2.45, 2.75) is 44.8 Å². The monoisotopic (exact) mass is 345 g/mol. The average Bonchev–Trinajstić information content (AvgIpc) is 2.38. The van der Waals surface area contributed by atoms with Crippen LogP contribution in [-0.4, -0.2) is 17.3 Å². The van der Waals surface area contributed by atoms with Crippen molar-refractivity contribution in [3.8, 4) is 0 Å². The zero-order chi connectivity index (χ0) is 13.9. The Balaban J connectivity index is 1.81. The molecule has 0 amide bonds. The Morgan fingerprint density at radius 1 is 1.42 bits per heavy atom. The summed E-state index contributed by atoms with van der Waals surface area (Å²) in [5.41, 5.74) is 0.618. The van der Waals surface area contributed by atoms with Gasteiger partial charge in [-0.25, -0.2) is 0 Å². The predicted molar refractivity (Wildman–Crippen MR) is 83.4 cm³/mol. The average molecular weight is 347 g/mol. The molecule has 2 rings (SSSR count). The van der Waals surface area contributed by atoms with Crippen molar-refractivity contribution in [3.05, 3.63) is 33.3 Å². The summed E-state index contributed by atoms with van der Waals surface area (Å²) in [6.07, 6.45) is 4.06. The molecule has 1 aliphatic carbocycles. The number of halogens is 2. The number of nitrogens with one attached hydrogen (secondary N) is 1. The number of hydrogen-bond acceptors (Lipinski definition) is 2. The Kier molecular flexibility index (Phi) is 5.29. The maximum absolute atomic E-state index is 10.5. The highest BCUT2D eigenvalue weighted by Gasteiger charge is 2.31. The van der Waals surface area contributed by atoms with Crippen molar-refractivity contribution in [3.63, 3.8) is 0 Å². The van der Waals surface area contributed by atoms with Crippen molar-refractivity contribution >= 4 is 27.5 Å². The van der Waals surface area contributed by atoms with E-state index in [1.165, 1.54) is 0 Å². The van der Waals surface area contributed by atoms with Crippen molar-refractivity contribution in [2.75, 3.05) is 6.54 Å². The van der Waals surface area contributed by atoms with E-state index in [2.05, 4.69) is 28.2 Å². The minimum Gasteiger partial charge on any atom is -0.389 e. The minimum absolute atomic E-state index is 0.522. The lowest BCUT2D eigenvalue weighted by atomic mass is 9.79. The zero-order valence-corrected chi connectivity index (χ0v) is 13.6. The highest BCUT2D eigenvalue weighted by atomic mass is 79.9. The second kappa shape index (κ2) is 6.57. The van der Waals surface area contributed by atoms with Gasteiger partial charge in [-0.2, -0.15) is 0 Å². The third-order valence-corrected chi connectivity index (χ3v) is 5.20. The highest BCUT2D eigenvalue weighted by Crippen LogP contribution is 2.31. The summed E-state index contributed by atoms with van der Waals surface area (Å²) >= 11 is 9.44. The fourth-order valence-corrected chi connectivity index (χ4v) is 3.02. The third kappa shape index (κ3) is 4.45. The van der Waals surface area contributed by atoms with Crippen molar-refractivity contribution < 1.29 is 5.11 Å². The van der Waals surface area contributed by atoms with Gasteiger partial charge in [0.05, 0.1) is 10.6 Å². The van der Waals surface area contributed by atoms with Crippen LogP contribution in [0.1, 0.15) is 38.2 Å².